The van der Waals surface area contributed by atoms with Gasteiger partial charge in [-0.3, -0.25) is 4.79 Å². The number of nitrogens with zero attached hydrogens (tertiary/aromatic N) is 3. The molecule has 1 aliphatic heterocycles. The van der Waals surface area contributed by atoms with E-state index < -0.39 is 38.0 Å². The summed E-state index contributed by atoms with van der Waals surface area (Å²) in [6.07, 6.45) is -4.18. The standard InChI is InChI=1S/C28H40F4N4O2Si/c1-18-15-21(9-10-22(18)29)35(13-8-12-33)26(37)25-23(38-39(6,7)27(3,4)5)11-14-36(25)24-17-20(28(30,31)32)16-19(2)34-24/h9-10,15-17,23,25H,8,11-14,33H2,1-7H3/t23-,25+/m1/s1. The summed E-state index contributed by atoms with van der Waals surface area (Å²) in [6, 6.07) is 5.51. The summed E-state index contributed by atoms with van der Waals surface area (Å²) in [5.74, 6) is -0.654. The van der Waals surface area contributed by atoms with Gasteiger partial charge in [-0.2, -0.15) is 13.2 Å². The van der Waals surface area contributed by atoms with Crippen molar-refractivity contribution in [3.63, 3.8) is 0 Å². The molecule has 39 heavy (non-hydrogen) atoms. The lowest BCUT2D eigenvalue weighted by molar-refractivity contribution is -0.137. The van der Waals surface area contributed by atoms with Crippen LogP contribution in [0.5, 0.6) is 0 Å². The van der Waals surface area contributed by atoms with Crippen LogP contribution in [-0.4, -0.2) is 51.0 Å². The minimum atomic E-state index is -4.56. The third-order valence-corrected chi connectivity index (χ3v) is 12.2. The molecule has 0 radical (unpaired) electrons. The number of aryl methyl sites for hydroxylation is 2. The Morgan fingerprint density at radius 2 is 1.85 bits per heavy atom. The Labute approximate surface area is 229 Å². The van der Waals surface area contributed by atoms with E-state index >= 15 is 0 Å². The highest BCUT2D eigenvalue weighted by molar-refractivity contribution is 6.74. The molecule has 1 fully saturated rings. The number of pyridine rings is 1. The molecule has 2 atom stereocenters. The number of amides is 1. The molecule has 0 unspecified atom stereocenters. The number of hydrogen-bond acceptors (Lipinski definition) is 5. The monoisotopic (exact) mass is 568 g/mol. The normalized spacial score (nSPS) is 18.5. The summed E-state index contributed by atoms with van der Waals surface area (Å²) in [6.45, 7) is 14.5. The molecule has 0 bridgehead atoms. The van der Waals surface area contributed by atoms with Crippen molar-refractivity contribution in [1.82, 2.24) is 4.98 Å². The maximum absolute atomic E-state index is 14.4. The molecule has 0 spiro atoms. The molecule has 1 aliphatic rings. The molecule has 1 amide bonds. The van der Waals surface area contributed by atoms with Crippen molar-refractivity contribution in [2.75, 3.05) is 29.4 Å². The number of aromatic nitrogens is 1. The van der Waals surface area contributed by atoms with Gasteiger partial charge in [-0.15, -0.1) is 0 Å². The van der Waals surface area contributed by atoms with Crippen LogP contribution in [0.4, 0.5) is 29.1 Å². The first-order valence-corrected chi connectivity index (χ1v) is 16.1. The Morgan fingerprint density at radius 3 is 2.41 bits per heavy atom. The number of alkyl halides is 3. The zero-order valence-electron chi connectivity index (χ0n) is 23.8. The average molecular weight is 569 g/mol. The van der Waals surface area contributed by atoms with Crippen LogP contribution in [0.15, 0.2) is 30.3 Å². The Balaban J connectivity index is 2.12. The number of benzene rings is 1. The van der Waals surface area contributed by atoms with Gasteiger partial charge >= 0.3 is 6.18 Å². The molecule has 1 saturated heterocycles. The summed E-state index contributed by atoms with van der Waals surface area (Å²) in [5.41, 5.74) is 6.03. The quantitative estimate of drug-likeness (QED) is 0.303. The predicted molar refractivity (Wildman–Crippen MR) is 149 cm³/mol. The van der Waals surface area contributed by atoms with Gasteiger partial charge in [-0.05, 0) is 87.3 Å². The van der Waals surface area contributed by atoms with E-state index in [0.717, 1.165) is 12.1 Å². The molecule has 0 aliphatic carbocycles. The largest absolute Gasteiger partial charge is 0.416 e. The summed E-state index contributed by atoms with van der Waals surface area (Å²) < 4.78 is 61.9. The Kier molecular flexibility index (Phi) is 9.18. The molecule has 216 valence electrons. The topological polar surface area (TPSA) is 71.7 Å². The van der Waals surface area contributed by atoms with Gasteiger partial charge in [-0.25, -0.2) is 9.37 Å². The van der Waals surface area contributed by atoms with E-state index in [0.29, 0.717) is 37.2 Å². The number of anilines is 2. The average Bonchev–Trinajstić information content (AvgIpc) is 3.22. The first-order chi connectivity index (χ1) is 18.0. The van der Waals surface area contributed by atoms with E-state index in [2.05, 4.69) is 38.8 Å². The van der Waals surface area contributed by atoms with E-state index in [1.807, 2.05) is 0 Å². The molecule has 11 heteroatoms. The van der Waals surface area contributed by atoms with Crippen molar-refractivity contribution in [2.24, 2.45) is 5.73 Å². The highest BCUT2D eigenvalue weighted by atomic mass is 28.4. The van der Waals surface area contributed by atoms with Crippen molar-refractivity contribution < 1.29 is 26.8 Å². The van der Waals surface area contributed by atoms with Crippen LogP contribution in [0.1, 0.15) is 50.4 Å². The molecule has 2 N–H and O–H groups in total. The molecule has 2 aromatic rings. The van der Waals surface area contributed by atoms with E-state index in [-0.39, 0.29) is 29.0 Å². The molecule has 3 rings (SSSR count). The zero-order chi connectivity index (χ0) is 29.3. The van der Waals surface area contributed by atoms with Crippen LogP contribution < -0.4 is 15.5 Å². The first kappa shape index (κ1) is 31.0. The van der Waals surface area contributed by atoms with Gasteiger partial charge in [0, 0.05) is 24.5 Å². The van der Waals surface area contributed by atoms with Gasteiger partial charge < -0.3 is 20.0 Å². The molecule has 1 aromatic carbocycles. The van der Waals surface area contributed by atoms with Crippen molar-refractivity contribution in [1.29, 1.82) is 0 Å². The number of hydrogen-bond donors (Lipinski definition) is 1. The lowest BCUT2D eigenvalue weighted by atomic mass is 10.1. The Hall–Kier alpha value is -2.50. The molecule has 0 saturated carbocycles. The lowest BCUT2D eigenvalue weighted by Gasteiger charge is -2.41. The van der Waals surface area contributed by atoms with Crippen LogP contribution >= 0.6 is 0 Å². The smallest absolute Gasteiger partial charge is 0.411 e. The van der Waals surface area contributed by atoms with Crippen LogP contribution in [0, 0.1) is 19.7 Å². The number of halogens is 4. The Bertz CT molecular complexity index is 1180. The third-order valence-electron chi connectivity index (χ3n) is 7.71. The predicted octanol–water partition coefficient (Wildman–Crippen LogP) is 6.21. The minimum Gasteiger partial charge on any atom is -0.411 e. The van der Waals surface area contributed by atoms with Gasteiger partial charge in [-0.1, -0.05) is 20.8 Å². The highest BCUT2D eigenvalue weighted by Crippen LogP contribution is 2.41. The van der Waals surface area contributed by atoms with E-state index in [9.17, 15) is 22.4 Å². The van der Waals surface area contributed by atoms with E-state index in [4.69, 9.17) is 10.2 Å². The summed E-state index contributed by atoms with van der Waals surface area (Å²) in [5, 5.41) is -0.146. The van der Waals surface area contributed by atoms with Crippen molar-refractivity contribution in [3.05, 3.63) is 53.0 Å². The van der Waals surface area contributed by atoms with Gasteiger partial charge in [0.2, 0.25) is 0 Å². The minimum absolute atomic E-state index is 0.0797. The summed E-state index contributed by atoms with van der Waals surface area (Å²) in [7, 11) is -2.36. The molecule has 1 aromatic heterocycles. The maximum atomic E-state index is 14.4. The molecule has 2 heterocycles. The number of rotatable bonds is 8. The van der Waals surface area contributed by atoms with E-state index in [1.54, 1.807) is 22.8 Å². The van der Waals surface area contributed by atoms with Gasteiger partial charge in [0.15, 0.2) is 8.32 Å². The zero-order valence-corrected chi connectivity index (χ0v) is 24.8. The molecule has 6 nitrogen and oxygen atoms in total. The molecular weight excluding hydrogens is 528 g/mol. The Morgan fingerprint density at radius 1 is 1.18 bits per heavy atom. The van der Waals surface area contributed by atoms with Gasteiger partial charge in [0.25, 0.3) is 5.91 Å². The number of carbonyl (C=O) groups is 1. The fraction of sp³-hybridized carbons (Fsp3) is 0.571. The van der Waals surface area contributed by atoms with Gasteiger partial charge in [0.05, 0.1) is 11.7 Å². The van der Waals surface area contributed by atoms with Crippen LogP contribution in [-0.2, 0) is 15.4 Å². The lowest BCUT2D eigenvalue weighted by Crippen LogP contribution is -2.54. The fourth-order valence-electron chi connectivity index (χ4n) is 4.53. The SMILES string of the molecule is Cc1cc(C(F)(F)F)cc(N2CC[C@@H](O[Si](C)(C)C(C)(C)C)[C@H]2C(=O)N(CCCN)c2ccc(F)c(C)c2)n1. The summed E-state index contributed by atoms with van der Waals surface area (Å²) in [4.78, 5) is 22.0. The van der Waals surface area contributed by atoms with Crippen molar-refractivity contribution in [2.45, 2.75) is 83.9 Å². The van der Waals surface area contributed by atoms with Gasteiger partial charge in [0.1, 0.15) is 17.7 Å². The highest BCUT2D eigenvalue weighted by Gasteiger charge is 2.48. The third kappa shape index (κ3) is 6.99. The van der Waals surface area contributed by atoms with E-state index in [1.165, 1.54) is 19.1 Å². The van der Waals surface area contributed by atoms with Crippen molar-refractivity contribution in [3.8, 4) is 0 Å². The second-order valence-corrected chi connectivity index (χ2v) is 16.5. The fourth-order valence-corrected chi connectivity index (χ4v) is 5.88. The van der Waals surface area contributed by atoms with Crippen LogP contribution in [0.2, 0.25) is 18.1 Å². The first-order valence-electron chi connectivity index (χ1n) is 13.2. The number of nitrogens with two attached hydrogens (primary N) is 1. The summed E-state index contributed by atoms with van der Waals surface area (Å²) >= 11 is 0. The van der Waals surface area contributed by atoms with Crippen molar-refractivity contribution >= 4 is 25.7 Å². The molecular formula is C28H40F4N4O2Si. The van der Waals surface area contributed by atoms with Crippen LogP contribution in [0.25, 0.3) is 0 Å². The second-order valence-electron chi connectivity index (χ2n) is 11.8. The van der Waals surface area contributed by atoms with Crippen LogP contribution in [0.3, 0.4) is 0 Å². The maximum Gasteiger partial charge on any atom is 0.416 e. The second kappa shape index (κ2) is 11.5. The number of carbonyl (C=O) groups excluding carboxylic acids is 1.